The molecule has 0 radical (unpaired) electrons. The molecule has 0 bridgehead atoms. The maximum atomic E-state index is 5.51. The van der Waals surface area contributed by atoms with Crippen LogP contribution in [0.3, 0.4) is 0 Å². The van der Waals surface area contributed by atoms with Gasteiger partial charge in [-0.3, -0.25) is 5.10 Å². The number of H-pyrrole nitrogens is 1. The lowest BCUT2D eigenvalue weighted by atomic mass is 9.84. The van der Waals surface area contributed by atoms with Crippen LogP contribution in [-0.4, -0.2) is 31.4 Å². The lowest BCUT2D eigenvalue weighted by Gasteiger charge is -2.34. The van der Waals surface area contributed by atoms with Crippen LogP contribution >= 0.6 is 0 Å². The number of aromatic amines is 1. The number of nitrogens with zero attached hydrogens (tertiary/aromatic N) is 4. The molecule has 22 heavy (non-hydrogen) atoms. The molecular formula is C15H24N6O. The zero-order valence-electron chi connectivity index (χ0n) is 13.5. The van der Waals surface area contributed by atoms with Crippen molar-refractivity contribution in [2.75, 3.05) is 0 Å². The van der Waals surface area contributed by atoms with Crippen molar-refractivity contribution in [3.8, 4) is 11.6 Å². The number of hydrogen-bond acceptors (Lipinski definition) is 6. The Kier molecular flexibility index (Phi) is 4.24. The largest absolute Gasteiger partial charge is 0.337 e. The monoisotopic (exact) mass is 304 g/mol. The van der Waals surface area contributed by atoms with Crippen molar-refractivity contribution in [1.82, 2.24) is 30.6 Å². The van der Waals surface area contributed by atoms with E-state index in [2.05, 4.69) is 51.4 Å². The Bertz CT molecular complexity index is 579. The smallest absolute Gasteiger partial charge is 0.244 e. The first-order chi connectivity index (χ1) is 10.5. The van der Waals surface area contributed by atoms with Gasteiger partial charge in [-0.15, -0.1) is 0 Å². The van der Waals surface area contributed by atoms with E-state index in [4.69, 9.17) is 4.52 Å². The summed E-state index contributed by atoms with van der Waals surface area (Å²) < 4.78 is 5.51. The number of aromatic nitrogens is 5. The maximum absolute atomic E-state index is 5.51. The van der Waals surface area contributed by atoms with Crippen molar-refractivity contribution >= 4 is 0 Å². The van der Waals surface area contributed by atoms with Crippen LogP contribution in [0.4, 0.5) is 0 Å². The standard InChI is InChI=1S/C15H24N6O/c1-15(2,3)11(18-10-7-5-4-6-8-10)14-19-13(21-22-14)12-16-9-17-20-12/h9-11,18H,4-8H2,1-3H3,(H,16,17,20). The van der Waals surface area contributed by atoms with Crippen LogP contribution in [0, 0.1) is 5.41 Å². The second-order valence-electron chi connectivity index (χ2n) is 7.09. The highest BCUT2D eigenvalue weighted by Crippen LogP contribution is 2.34. The second kappa shape index (κ2) is 6.16. The molecule has 1 aliphatic rings. The fourth-order valence-electron chi connectivity index (χ4n) is 2.96. The first-order valence-electron chi connectivity index (χ1n) is 7.99. The van der Waals surface area contributed by atoms with Gasteiger partial charge in [0.1, 0.15) is 6.33 Å². The topological polar surface area (TPSA) is 92.5 Å². The van der Waals surface area contributed by atoms with Gasteiger partial charge < -0.3 is 9.84 Å². The van der Waals surface area contributed by atoms with Crippen molar-refractivity contribution in [2.45, 2.75) is 65.0 Å². The zero-order valence-corrected chi connectivity index (χ0v) is 13.5. The van der Waals surface area contributed by atoms with Crippen LogP contribution in [0.1, 0.15) is 64.8 Å². The first kappa shape index (κ1) is 15.1. The normalized spacial score (nSPS) is 18.5. The van der Waals surface area contributed by atoms with Gasteiger partial charge in [0.25, 0.3) is 0 Å². The highest BCUT2D eigenvalue weighted by molar-refractivity contribution is 5.39. The van der Waals surface area contributed by atoms with Crippen LogP contribution in [0.2, 0.25) is 0 Å². The molecule has 3 rings (SSSR count). The van der Waals surface area contributed by atoms with Crippen molar-refractivity contribution in [2.24, 2.45) is 5.41 Å². The van der Waals surface area contributed by atoms with Gasteiger partial charge in [0, 0.05) is 6.04 Å². The summed E-state index contributed by atoms with van der Waals surface area (Å²) in [6.07, 6.45) is 7.80. The summed E-state index contributed by atoms with van der Waals surface area (Å²) in [5, 5.41) is 14.3. The molecule has 0 amide bonds. The Morgan fingerprint density at radius 2 is 2.05 bits per heavy atom. The summed E-state index contributed by atoms with van der Waals surface area (Å²) in [5.41, 5.74) is -0.0112. The first-order valence-corrected chi connectivity index (χ1v) is 7.99. The van der Waals surface area contributed by atoms with Crippen molar-refractivity contribution in [3.05, 3.63) is 12.2 Å². The van der Waals surface area contributed by atoms with Gasteiger partial charge in [-0.2, -0.15) is 10.1 Å². The SMILES string of the molecule is CC(C)(C)C(NC1CCCCC1)c1nc(-c2ncn[nH]2)no1. The third-order valence-electron chi connectivity index (χ3n) is 4.19. The average Bonchev–Trinajstić information content (AvgIpc) is 3.15. The van der Waals surface area contributed by atoms with Crippen LogP contribution in [0.5, 0.6) is 0 Å². The minimum absolute atomic E-state index is 0.0112. The molecule has 2 heterocycles. The molecule has 7 nitrogen and oxygen atoms in total. The second-order valence-corrected chi connectivity index (χ2v) is 7.09. The minimum Gasteiger partial charge on any atom is -0.337 e. The average molecular weight is 304 g/mol. The summed E-state index contributed by atoms with van der Waals surface area (Å²) in [6, 6.07) is 0.554. The predicted octanol–water partition coefficient (Wildman–Crippen LogP) is 2.86. The lowest BCUT2D eigenvalue weighted by Crippen LogP contribution is -2.40. The molecule has 1 fully saturated rings. The van der Waals surface area contributed by atoms with Crippen molar-refractivity contribution in [1.29, 1.82) is 0 Å². The fourth-order valence-corrected chi connectivity index (χ4v) is 2.96. The van der Waals surface area contributed by atoms with Crippen molar-refractivity contribution < 1.29 is 4.52 Å². The minimum atomic E-state index is -0.0112. The summed E-state index contributed by atoms with van der Waals surface area (Å²) in [4.78, 5) is 8.58. The van der Waals surface area contributed by atoms with Gasteiger partial charge in [0.05, 0.1) is 6.04 Å². The Balaban J connectivity index is 1.80. The molecule has 120 valence electrons. The molecular weight excluding hydrogens is 280 g/mol. The van der Waals surface area contributed by atoms with E-state index < -0.39 is 0 Å². The van der Waals surface area contributed by atoms with Gasteiger partial charge in [0.15, 0.2) is 5.82 Å². The van der Waals surface area contributed by atoms with E-state index in [0.717, 1.165) is 0 Å². The molecule has 1 aliphatic carbocycles. The Morgan fingerprint density at radius 3 is 2.68 bits per heavy atom. The quantitative estimate of drug-likeness (QED) is 0.902. The van der Waals surface area contributed by atoms with E-state index in [1.54, 1.807) is 0 Å². The lowest BCUT2D eigenvalue weighted by molar-refractivity contribution is 0.183. The number of hydrogen-bond donors (Lipinski definition) is 2. The van der Waals surface area contributed by atoms with E-state index >= 15 is 0 Å². The molecule has 2 aromatic rings. The summed E-state index contributed by atoms with van der Waals surface area (Å²) >= 11 is 0. The maximum Gasteiger partial charge on any atom is 0.244 e. The van der Waals surface area contributed by atoms with E-state index in [9.17, 15) is 0 Å². The Labute approximate surface area is 130 Å². The molecule has 0 spiro atoms. The molecule has 2 aromatic heterocycles. The van der Waals surface area contributed by atoms with Crippen LogP contribution < -0.4 is 5.32 Å². The van der Waals surface area contributed by atoms with E-state index in [-0.39, 0.29) is 11.5 Å². The van der Waals surface area contributed by atoms with E-state index in [1.165, 1.54) is 38.4 Å². The van der Waals surface area contributed by atoms with Gasteiger partial charge >= 0.3 is 0 Å². The molecule has 0 aliphatic heterocycles. The van der Waals surface area contributed by atoms with Gasteiger partial charge in [-0.1, -0.05) is 45.2 Å². The third-order valence-corrected chi connectivity index (χ3v) is 4.19. The molecule has 0 saturated heterocycles. The molecule has 1 saturated carbocycles. The van der Waals surface area contributed by atoms with Crippen LogP contribution in [0.25, 0.3) is 11.6 Å². The number of rotatable bonds is 4. The van der Waals surface area contributed by atoms with E-state index in [0.29, 0.717) is 23.6 Å². The van der Waals surface area contributed by atoms with Gasteiger partial charge in [0.2, 0.25) is 11.7 Å². The van der Waals surface area contributed by atoms with Gasteiger partial charge in [-0.25, -0.2) is 4.98 Å². The third kappa shape index (κ3) is 3.35. The molecule has 0 aromatic carbocycles. The number of nitrogens with one attached hydrogen (secondary N) is 2. The zero-order chi connectivity index (χ0) is 15.6. The summed E-state index contributed by atoms with van der Waals surface area (Å²) in [6.45, 7) is 6.56. The van der Waals surface area contributed by atoms with Crippen LogP contribution in [-0.2, 0) is 0 Å². The summed E-state index contributed by atoms with van der Waals surface area (Å²) in [5.74, 6) is 1.59. The summed E-state index contributed by atoms with van der Waals surface area (Å²) in [7, 11) is 0. The highest BCUT2D eigenvalue weighted by atomic mass is 16.5. The molecule has 1 unspecified atom stereocenters. The van der Waals surface area contributed by atoms with Crippen LogP contribution in [0.15, 0.2) is 10.9 Å². The highest BCUT2D eigenvalue weighted by Gasteiger charge is 2.33. The predicted molar refractivity (Wildman–Crippen MR) is 81.9 cm³/mol. The molecule has 2 N–H and O–H groups in total. The Morgan fingerprint density at radius 1 is 1.27 bits per heavy atom. The molecule has 1 atom stereocenters. The Hall–Kier alpha value is -1.76. The van der Waals surface area contributed by atoms with Crippen molar-refractivity contribution in [3.63, 3.8) is 0 Å². The van der Waals surface area contributed by atoms with Gasteiger partial charge in [-0.05, 0) is 18.3 Å². The van der Waals surface area contributed by atoms with E-state index in [1.807, 2.05) is 0 Å². The molecule has 7 heteroatoms. The fraction of sp³-hybridized carbons (Fsp3) is 0.733.